The minimum atomic E-state index is 0. The molecule has 2 fully saturated rings. The van der Waals surface area contributed by atoms with Gasteiger partial charge in [0.1, 0.15) is 5.82 Å². The van der Waals surface area contributed by atoms with Gasteiger partial charge >= 0.3 is 0 Å². The molecule has 2 aliphatic rings. The third-order valence-corrected chi connectivity index (χ3v) is 5.80. The first kappa shape index (κ1) is 22.5. The summed E-state index contributed by atoms with van der Waals surface area (Å²) >= 11 is 0. The van der Waals surface area contributed by atoms with Crippen molar-refractivity contribution in [2.24, 2.45) is 0 Å². The zero-order valence-corrected chi connectivity index (χ0v) is 17.9. The van der Waals surface area contributed by atoms with E-state index in [9.17, 15) is 4.79 Å². The Morgan fingerprint density at radius 2 is 1.64 bits per heavy atom. The molecule has 5 nitrogen and oxygen atoms in total. The number of hydrogen-bond donors (Lipinski definition) is 1. The standard InChI is InChI=1S/C21H26N4O.2ClH/c1-24(18-6-4-3-5-7-18)20-11-8-15(14-22-20)21(26)25(2)19-12-16-9-10-17(13-19)23-16;;/h3-8,11,14,16-17,19,23H,9-10,12-13H2,1-2H3;2*1H. The first-order chi connectivity index (χ1) is 12.6. The van der Waals surface area contributed by atoms with E-state index >= 15 is 0 Å². The van der Waals surface area contributed by atoms with Crippen molar-refractivity contribution in [3.05, 3.63) is 54.2 Å². The van der Waals surface area contributed by atoms with Crippen LogP contribution in [-0.2, 0) is 0 Å². The van der Waals surface area contributed by atoms with Gasteiger partial charge in [-0.15, -0.1) is 24.8 Å². The topological polar surface area (TPSA) is 48.5 Å². The van der Waals surface area contributed by atoms with Crippen molar-refractivity contribution in [3.8, 4) is 0 Å². The van der Waals surface area contributed by atoms with Crippen LogP contribution in [0.2, 0.25) is 0 Å². The van der Waals surface area contributed by atoms with E-state index in [1.165, 1.54) is 12.8 Å². The Balaban J connectivity index is 0.00000140. The highest BCUT2D eigenvalue weighted by molar-refractivity contribution is 5.94. The minimum absolute atomic E-state index is 0. The van der Waals surface area contributed by atoms with Crippen LogP contribution in [0.3, 0.4) is 0 Å². The Morgan fingerprint density at radius 1 is 1.00 bits per heavy atom. The number of piperidine rings is 1. The number of carbonyl (C=O) groups is 1. The summed E-state index contributed by atoms with van der Waals surface area (Å²) in [6.45, 7) is 0. The summed E-state index contributed by atoms with van der Waals surface area (Å²) in [6, 6.07) is 15.4. The maximum Gasteiger partial charge on any atom is 0.255 e. The number of anilines is 2. The molecule has 2 atom stereocenters. The number of amides is 1. The highest BCUT2D eigenvalue weighted by Gasteiger charge is 2.36. The lowest BCUT2D eigenvalue weighted by Gasteiger charge is -2.35. The van der Waals surface area contributed by atoms with Crippen LogP contribution in [0.25, 0.3) is 0 Å². The van der Waals surface area contributed by atoms with E-state index in [1.807, 2.05) is 66.4 Å². The van der Waals surface area contributed by atoms with Gasteiger partial charge in [0.15, 0.2) is 0 Å². The average molecular weight is 423 g/mol. The van der Waals surface area contributed by atoms with Crippen molar-refractivity contribution in [3.63, 3.8) is 0 Å². The Hall–Kier alpha value is -1.82. The van der Waals surface area contributed by atoms with E-state index in [-0.39, 0.29) is 30.7 Å². The molecule has 0 radical (unpaired) electrons. The van der Waals surface area contributed by atoms with E-state index < -0.39 is 0 Å². The number of fused-ring (bicyclic) bond motifs is 2. The zero-order chi connectivity index (χ0) is 18.1. The molecular weight excluding hydrogens is 395 g/mol. The van der Waals surface area contributed by atoms with Crippen molar-refractivity contribution < 1.29 is 4.79 Å². The Morgan fingerprint density at radius 3 is 2.21 bits per heavy atom. The van der Waals surface area contributed by atoms with Gasteiger partial charge in [0.05, 0.1) is 5.56 Å². The Kier molecular flexibility index (Phi) is 7.70. The molecule has 3 heterocycles. The zero-order valence-electron chi connectivity index (χ0n) is 16.2. The number of pyridine rings is 1. The third kappa shape index (κ3) is 4.59. The van der Waals surface area contributed by atoms with Crippen LogP contribution < -0.4 is 10.2 Å². The number of rotatable bonds is 4. The SMILES string of the molecule is CN(c1ccccc1)c1ccc(C(=O)N(C)C2CC3CCC(C2)N3)cn1.Cl.Cl. The largest absolute Gasteiger partial charge is 0.339 e. The fourth-order valence-corrected chi connectivity index (χ4v) is 4.21. The van der Waals surface area contributed by atoms with Crippen LogP contribution in [0.4, 0.5) is 11.5 Å². The second kappa shape index (κ2) is 9.59. The van der Waals surface area contributed by atoms with Gasteiger partial charge in [0.2, 0.25) is 0 Å². The number of hydrogen-bond acceptors (Lipinski definition) is 4. The predicted molar refractivity (Wildman–Crippen MR) is 118 cm³/mol. The normalized spacial score (nSPS) is 22.6. The fourth-order valence-electron chi connectivity index (χ4n) is 4.21. The second-order valence-electron chi connectivity index (χ2n) is 7.48. The number of nitrogens with zero attached hydrogens (tertiary/aromatic N) is 3. The Labute approximate surface area is 179 Å². The minimum Gasteiger partial charge on any atom is -0.339 e. The van der Waals surface area contributed by atoms with Gasteiger partial charge in [-0.2, -0.15) is 0 Å². The molecule has 0 spiro atoms. The van der Waals surface area contributed by atoms with Crippen molar-refractivity contribution in [2.45, 2.75) is 43.8 Å². The number of carbonyl (C=O) groups excluding carboxylic acids is 1. The van der Waals surface area contributed by atoms with Crippen LogP contribution >= 0.6 is 24.8 Å². The average Bonchev–Trinajstić information content (AvgIpc) is 3.04. The lowest BCUT2D eigenvalue weighted by Crippen LogP contribution is -2.48. The maximum atomic E-state index is 12.9. The summed E-state index contributed by atoms with van der Waals surface area (Å²) in [5.41, 5.74) is 1.73. The predicted octanol–water partition coefficient (Wildman–Crippen LogP) is 4.05. The molecule has 2 aliphatic heterocycles. The molecule has 28 heavy (non-hydrogen) atoms. The molecule has 2 saturated heterocycles. The lowest BCUT2D eigenvalue weighted by molar-refractivity contribution is 0.0681. The smallest absolute Gasteiger partial charge is 0.255 e. The molecule has 0 saturated carbocycles. The molecule has 1 aromatic carbocycles. The van der Waals surface area contributed by atoms with Crippen LogP contribution in [0.1, 0.15) is 36.0 Å². The van der Waals surface area contributed by atoms with Crippen LogP contribution in [0.15, 0.2) is 48.7 Å². The molecule has 2 bridgehead atoms. The highest BCUT2D eigenvalue weighted by Crippen LogP contribution is 2.30. The van der Waals surface area contributed by atoms with Crippen LogP contribution in [0.5, 0.6) is 0 Å². The molecule has 0 aliphatic carbocycles. The lowest BCUT2D eigenvalue weighted by atomic mass is 9.98. The van der Waals surface area contributed by atoms with Crippen molar-refractivity contribution in [1.82, 2.24) is 15.2 Å². The molecule has 7 heteroatoms. The summed E-state index contributed by atoms with van der Waals surface area (Å²) in [5, 5.41) is 3.63. The monoisotopic (exact) mass is 422 g/mol. The van der Waals surface area contributed by atoms with Gasteiger partial charge in [-0.1, -0.05) is 18.2 Å². The van der Waals surface area contributed by atoms with Gasteiger partial charge < -0.3 is 15.1 Å². The molecule has 1 aromatic heterocycles. The summed E-state index contributed by atoms with van der Waals surface area (Å²) in [6.07, 6.45) is 6.29. The fraction of sp³-hybridized carbons (Fsp3) is 0.429. The highest BCUT2D eigenvalue weighted by atomic mass is 35.5. The van der Waals surface area contributed by atoms with Crippen molar-refractivity contribution >= 4 is 42.2 Å². The van der Waals surface area contributed by atoms with Gasteiger partial charge in [0, 0.05) is 44.1 Å². The maximum absolute atomic E-state index is 12.9. The molecule has 1 N–H and O–H groups in total. The first-order valence-corrected chi connectivity index (χ1v) is 9.40. The first-order valence-electron chi connectivity index (χ1n) is 9.40. The van der Waals surface area contributed by atoms with Gasteiger partial charge in [-0.05, 0) is 49.9 Å². The molecule has 1 amide bonds. The quantitative estimate of drug-likeness (QED) is 0.806. The summed E-state index contributed by atoms with van der Waals surface area (Å²) in [5.74, 6) is 0.896. The summed E-state index contributed by atoms with van der Waals surface area (Å²) in [4.78, 5) is 21.3. The van der Waals surface area contributed by atoms with Crippen LogP contribution in [0, 0.1) is 0 Å². The van der Waals surface area contributed by atoms with Gasteiger partial charge in [-0.3, -0.25) is 4.79 Å². The Bertz CT molecular complexity index is 760. The van der Waals surface area contributed by atoms with Crippen molar-refractivity contribution in [1.29, 1.82) is 0 Å². The number of para-hydroxylation sites is 1. The van der Waals surface area contributed by atoms with Crippen LogP contribution in [-0.4, -0.2) is 48.0 Å². The van der Waals surface area contributed by atoms with Gasteiger partial charge in [0.25, 0.3) is 5.91 Å². The van der Waals surface area contributed by atoms with E-state index in [0.29, 0.717) is 23.7 Å². The molecular formula is C21H28Cl2N4O. The van der Waals surface area contributed by atoms with E-state index in [1.54, 1.807) is 6.20 Å². The third-order valence-electron chi connectivity index (χ3n) is 5.80. The molecule has 2 aromatic rings. The number of nitrogens with one attached hydrogen (secondary N) is 1. The van der Waals surface area contributed by atoms with E-state index in [0.717, 1.165) is 24.3 Å². The number of aromatic nitrogens is 1. The van der Waals surface area contributed by atoms with Crippen molar-refractivity contribution in [2.75, 3.05) is 19.0 Å². The summed E-state index contributed by atoms with van der Waals surface area (Å²) < 4.78 is 0. The number of benzene rings is 1. The molecule has 4 rings (SSSR count). The summed E-state index contributed by atoms with van der Waals surface area (Å²) in [7, 11) is 3.91. The second-order valence-corrected chi connectivity index (χ2v) is 7.48. The molecule has 152 valence electrons. The van der Waals surface area contributed by atoms with E-state index in [4.69, 9.17) is 0 Å². The van der Waals surface area contributed by atoms with E-state index in [2.05, 4.69) is 10.3 Å². The van der Waals surface area contributed by atoms with Gasteiger partial charge in [-0.25, -0.2) is 4.98 Å². The number of halogens is 2. The molecule has 2 unspecified atom stereocenters.